The van der Waals surface area contributed by atoms with Crippen LogP contribution in [-0.4, -0.2) is 182 Å². The number of ether oxygens (including phenoxy) is 4. The van der Waals surface area contributed by atoms with E-state index in [2.05, 4.69) is 282 Å². The molecule has 4 aliphatic heterocycles. The maximum absolute atomic E-state index is 5.60. The number of rotatable bonds is 29. The SMILES string of the molecule is C.C.COC[C@@H]1CCCN1CC1C(P(c2ccccc2)c2ccccc2)CCC1[Si](C)(C)C.COC[C@@H]1CCCN1CC1CCCC1P(c1ccccc1)c1ccccc1.COC[C@@H]1CCCN1CC1CCCC1P(c1ccccc1)c1ccccc1.COC[C@@H]1CCCN1CC1CCCC1P(c1ccccc1)c1ccccc1.[CH3-].[CH3-].[CH3-].[CH3-].[Fe+2].[Fe+2]. The summed E-state index contributed by atoms with van der Waals surface area (Å²) in [5, 5.41) is 12.4. The van der Waals surface area contributed by atoms with Crippen LogP contribution in [0.25, 0.3) is 0 Å². The second-order valence-electron chi connectivity index (χ2n) is 34.7. The Morgan fingerprint density at radius 3 is 0.683 bits per heavy atom. The maximum atomic E-state index is 5.60. The van der Waals surface area contributed by atoms with Gasteiger partial charge in [0.2, 0.25) is 0 Å². The van der Waals surface area contributed by atoms with Gasteiger partial charge in [0, 0.05) is 86.9 Å². The summed E-state index contributed by atoms with van der Waals surface area (Å²) in [6, 6.07) is 93.1. The van der Waals surface area contributed by atoms with Crippen molar-refractivity contribution in [1.29, 1.82) is 0 Å². The second-order valence-corrected chi connectivity index (χ2v) is 49.9. The van der Waals surface area contributed by atoms with Gasteiger partial charge in [-0.05, 0) is 248 Å². The van der Waals surface area contributed by atoms with Gasteiger partial charge < -0.3 is 48.7 Å². The summed E-state index contributed by atoms with van der Waals surface area (Å²) in [7, 11) is 4.95. The summed E-state index contributed by atoms with van der Waals surface area (Å²) in [5.41, 5.74) is 4.09. The quantitative estimate of drug-likeness (QED) is 0.0261. The first-order chi connectivity index (χ1) is 55.1. The number of hydrogen-bond donors (Lipinski definition) is 0. The van der Waals surface area contributed by atoms with Crippen molar-refractivity contribution in [1.82, 2.24) is 19.6 Å². The predicted octanol–water partition coefficient (Wildman–Crippen LogP) is 22.0. The van der Waals surface area contributed by atoms with E-state index in [-0.39, 0.29) is 110 Å². The standard InChI is InChI=1S/C27H40NOPSi.3C24H32NOP.2CH4.4CH3.2Fe/c1-29-21-22-12-11-19-28(22)20-25-26(17-18-27(25)31(2,3)4)30(23-13-7-5-8-14-23)24-15-9-6-10-16-24;3*1-26-19-21-11-9-17-25(21)18-20-10-8-16-24(20)27(22-12-4-2-5-13-22)23-14-6-3-7-15-23;;;;;;;;/h5-10,13-16,22,25-27H,11-12,17-21H2,1-4H3;3*2-7,12-15,20-21,24H,8-11,16-19H2,1H3;2*1H4;4*1H3;;/q;;;;;;4*-1;2*+2/t22-,25?,26?,27?;3*20?,21-,24?;;;;;;;;/m0000......../s1. The fourth-order valence-electron chi connectivity index (χ4n) is 21.5. The minimum Gasteiger partial charge on any atom is -0.383 e. The van der Waals surface area contributed by atoms with E-state index in [1.54, 1.807) is 42.4 Å². The molecule has 4 heterocycles. The van der Waals surface area contributed by atoms with Gasteiger partial charge in [-0.15, -0.1) is 0 Å². The molecule has 0 spiro atoms. The summed E-state index contributed by atoms with van der Waals surface area (Å²) in [4.78, 5) is 11.0. The van der Waals surface area contributed by atoms with Gasteiger partial charge in [0.1, 0.15) is 0 Å². The number of likely N-dealkylation sites (tertiary alicyclic amines) is 4. The summed E-state index contributed by atoms with van der Waals surface area (Å²) in [5.74, 6) is 3.24. The molecular formula is C105H156Fe2N4O4P4Si. The Hall–Kier alpha value is -3.58. The normalized spacial score (nSPS) is 24.6. The van der Waals surface area contributed by atoms with Crippen molar-refractivity contribution < 1.29 is 53.1 Å². The van der Waals surface area contributed by atoms with E-state index < -0.39 is 8.07 Å². The predicted molar refractivity (Wildman–Crippen MR) is 528 cm³/mol. The van der Waals surface area contributed by atoms with Gasteiger partial charge in [-0.1, -0.05) is 303 Å². The first-order valence-corrected chi connectivity index (χ1v) is 52.8. The third kappa shape index (κ3) is 29.0. The molecule has 0 N–H and O–H groups in total. The second kappa shape index (κ2) is 55.9. The minimum absolute atomic E-state index is 0. The summed E-state index contributed by atoms with van der Waals surface area (Å²) < 4.78 is 22.1. The molecule has 8 nitrogen and oxygen atoms in total. The summed E-state index contributed by atoms with van der Waals surface area (Å²) in [6.07, 6.45) is 25.8. The van der Waals surface area contributed by atoms with Crippen molar-refractivity contribution in [2.24, 2.45) is 23.7 Å². The number of nitrogens with zero attached hydrogens (tertiary/aromatic N) is 4. The van der Waals surface area contributed by atoms with E-state index in [0.29, 0.717) is 24.2 Å². The Morgan fingerprint density at radius 2 is 0.475 bits per heavy atom. The Labute approximate surface area is 761 Å². The molecule has 4 aliphatic carbocycles. The van der Waals surface area contributed by atoms with Gasteiger partial charge in [-0.2, -0.15) is 0 Å². The van der Waals surface area contributed by atoms with Gasteiger partial charge in [-0.25, -0.2) is 0 Å². The number of methoxy groups -OCH3 is 4. The van der Waals surface area contributed by atoms with Gasteiger partial charge in [0.25, 0.3) is 0 Å². The zero-order valence-electron chi connectivity index (χ0n) is 73.9. The monoisotopic (exact) mass is 1800 g/mol. The number of hydrogen-bond acceptors (Lipinski definition) is 8. The van der Waals surface area contributed by atoms with Crippen LogP contribution in [0.5, 0.6) is 0 Å². The molecular weight excluding hydrogens is 1640 g/mol. The van der Waals surface area contributed by atoms with Crippen LogP contribution < -0.4 is 42.4 Å². The minimum atomic E-state index is -1.24. The smallest absolute Gasteiger partial charge is 0.383 e. The fraction of sp³-hybridized carbons (Fsp3) is 0.505. The van der Waals surface area contributed by atoms with Crippen molar-refractivity contribution in [2.45, 2.75) is 209 Å². The third-order valence-corrected chi connectivity index (χ3v) is 41.8. The van der Waals surface area contributed by atoms with Crippen molar-refractivity contribution in [3.05, 3.63) is 272 Å². The molecule has 13 atom stereocenters. The van der Waals surface area contributed by atoms with Gasteiger partial charge in [0.15, 0.2) is 0 Å². The van der Waals surface area contributed by atoms with Crippen LogP contribution in [0.1, 0.15) is 137 Å². The van der Waals surface area contributed by atoms with E-state index in [4.69, 9.17) is 18.9 Å². The van der Waals surface area contributed by atoms with E-state index in [1.807, 2.05) is 28.4 Å². The van der Waals surface area contributed by atoms with E-state index in [1.165, 1.54) is 174 Å². The maximum Gasteiger partial charge on any atom is 2.00 e. The van der Waals surface area contributed by atoms with Crippen LogP contribution in [-0.2, 0) is 53.1 Å². The van der Waals surface area contributed by atoms with Crippen LogP contribution in [0.3, 0.4) is 0 Å². The first kappa shape index (κ1) is 107. The van der Waals surface area contributed by atoms with Gasteiger partial charge in [-0.3, -0.25) is 19.6 Å². The number of benzene rings is 8. The van der Waals surface area contributed by atoms with Crippen LogP contribution >= 0.6 is 31.7 Å². The first-order valence-electron chi connectivity index (χ1n) is 43.6. The molecule has 4 saturated carbocycles. The van der Waals surface area contributed by atoms with Crippen molar-refractivity contribution in [3.8, 4) is 0 Å². The van der Waals surface area contributed by atoms with Crippen molar-refractivity contribution in [2.75, 3.05) is 107 Å². The molecule has 16 rings (SSSR count). The van der Waals surface area contributed by atoms with Crippen molar-refractivity contribution >= 4 is 82.2 Å². The molecule has 8 aliphatic rings. The van der Waals surface area contributed by atoms with E-state index in [0.717, 1.165) is 78.3 Å². The molecule has 0 radical (unpaired) electrons. The molecule has 8 aromatic carbocycles. The molecule has 0 amide bonds. The Kier molecular flexibility index (Phi) is 49.8. The molecule has 0 bridgehead atoms. The Balaban J connectivity index is 0.000000279. The molecule has 4 saturated heterocycles. The van der Waals surface area contributed by atoms with Gasteiger partial charge >= 0.3 is 34.1 Å². The molecule has 0 aromatic heterocycles. The molecule has 8 aromatic rings. The average molecular weight is 1800 g/mol. The average Bonchev–Trinajstić information content (AvgIpc) is 1.61. The summed E-state index contributed by atoms with van der Waals surface area (Å²) >= 11 is 0. The van der Waals surface area contributed by atoms with E-state index >= 15 is 0 Å². The van der Waals surface area contributed by atoms with Crippen LogP contribution in [0.15, 0.2) is 243 Å². The van der Waals surface area contributed by atoms with Crippen molar-refractivity contribution in [3.63, 3.8) is 0 Å². The largest absolute Gasteiger partial charge is 2.00 e. The van der Waals surface area contributed by atoms with E-state index in [9.17, 15) is 0 Å². The van der Waals surface area contributed by atoms with Gasteiger partial charge in [0.05, 0.1) is 26.4 Å². The topological polar surface area (TPSA) is 49.9 Å². The molecule has 8 fully saturated rings. The van der Waals surface area contributed by atoms with Crippen LogP contribution in [0.2, 0.25) is 25.2 Å². The fourth-order valence-corrected chi connectivity index (χ4v) is 36.9. The summed E-state index contributed by atoms with van der Waals surface area (Å²) in [6.45, 7) is 21.5. The Bertz CT molecular complexity index is 3470. The third-order valence-electron chi connectivity index (χ3n) is 26.6. The molecule has 9 unspecified atom stereocenters. The zero-order valence-corrected chi connectivity index (χ0v) is 80.7. The zero-order chi connectivity index (χ0) is 77.3. The molecule has 15 heteroatoms. The van der Waals surface area contributed by atoms with Crippen LogP contribution in [0, 0.1) is 53.4 Å². The molecule has 120 heavy (non-hydrogen) atoms. The molecule has 660 valence electrons. The van der Waals surface area contributed by atoms with Crippen LogP contribution in [0.4, 0.5) is 0 Å². The Morgan fingerprint density at radius 1 is 0.267 bits per heavy atom.